The van der Waals surface area contributed by atoms with Gasteiger partial charge in [-0.1, -0.05) is 6.04 Å². The number of hydrogen-bond acceptors (Lipinski definition) is 7. The van der Waals surface area contributed by atoms with Crippen LogP contribution in [0.4, 0.5) is 0 Å². The number of aliphatic hydroxyl groups is 1. The maximum Gasteiger partial charge on any atom is 0.173 e. The minimum absolute atomic E-state index is 0.218. The van der Waals surface area contributed by atoms with Crippen LogP contribution < -0.4 is 0 Å². The smallest absolute Gasteiger partial charge is 0.173 e. The van der Waals surface area contributed by atoms with Gasteiger partial charge in [0.05, 0.1) is 38.0 Å². The molecule has 0 fully saturated rings. The molecule has 0 amide bonds. The van der Waals surface area contributed by atoms with Gasteiger partial charge in [-0.2, -0.15) is 0 Å². The molecular formula is C14H42O7Si4. The summed E-state index contributed by atoms with van der Waals surface area (Å²) in [5.41, 5.74) is 0. The van der Waals surface area contributed by atoms with Crippen LogP contribution >= 0.6 is 0 Å². The van der Waals surface area contributed by atoms with Gasteiger partial charge in [0.25, 0.3) is 0 Å². The molecule has 0 aliphatic heterocycles. The second-order valence-corrected chi connectivity index (χ2v) is 19.0. The number of aliphatic hydroxyl groups excluding tert-OH is 1. The van der Waals surface area contributed by atoms with E-state index in [0.717, 1.165) is 0 Å². The monoisotopic (exact) mass is 434 g/mol. The quantitative estimate of drug-likeness (QED) is 0.216. The molecule has 0 rings (SSSR count). The molecule has 0 heterocycles. The van der Waals surface area contributed by atoms with Crippen LogP contribution in [0.5, 0.6) is 0 Å². The first kappa shape index (κ1) is 30.3. The van der Waals surface area contributed by atoms with Crippen LogP contribution in [0.15, 0.2) is 0 Å². The van der Waals surface area contributed by atoms with E-state index in [2.05, 4.69) is 45.7 Å². The maximum atomic E-state index is 8.87. The highest BCUT2D eigenvalue weighted by Crippen LogP contribution is 2.23. The fourth-order valence-electron chi connectivity index (χ4n) is 2.15. The standard InChI is InChI=1S/C10H30O3Si4.2C2H6O2/c1-12-15-7-9-17(4,5)13-16(2,3)8-6-14-10-11;2*1-3-4-2/h11H,6-10,14-15H2,1-5H3;2*1-2H3. The predicted molar refractivity (Wildman–Crippen MR) is 114 cm³/mol. The molecule has 156 valence electrons. The minimum atomic E-state index is -1.48. The van der Waals surface area contributed by atoms with Gasteiger partial charge in [-0.3, -0.25) is 0 Å². The third-order valence-corrected chi connectivity index (χ3v) is 14.4. The van der Waals surface area contributed by atoms with Crippen molar-refractivity contribution in [1.82, 2.24) is 0 Å². The number of hydrogen-bond donors (Lipinski definition) is 1. The van der Waals surface area contributed by atoms with Gasteiger partial charge in [-0.25, -0.2) is 19.6 Å². The van der Waals surface area contributed by atoms with E-state index in [0.29, 0.717) is 6.23 Å². The van der Waals surface area contributed by atoms with E-state index in [9.17, 15) is 0 Å². The summed E-state index contributed by atoms with van der Waals surface area (Å²) in [6.07, 6.45) is 0.449. The normalized spacial score (nSPS) is 12.2. The van der Waals surface area contributed by atoms with Crippen molar-refractivity contribution in [3.63, 3.8) is 0 Å². The second-order valence-electron chi connectivity index (χ2n) is 6.57. The Morgan fingerprint density at radius 2 is 1.12 bits per heavy atom. The van der Waals surface area contributed by atoms with E-state index < -0.39 is 16.6 Å². The van der Waals surface area contributed by atoms with Crippen molar-refractivity contribution in [2.45, 2.75) is 50.4 Å². The Bertz CT molecular complexity index is 231. The zero-order valence-corrected chi connectivity index (χ0v) is 22.7. The lowest BCUT2D eigenvalue weighted by molar-refractivity contribution is -0.248. The van der Waals surface area contributed by atoms with Gasteiger partial charge < -0.3 is 13.6 Å². The molecule has 0 unspecified atom stereocenters. The van der Waals surface area contributed by atoms with Crippen LogP contribution in [-0.2, 0) is 28.1 Å². The Hall–Kier alpha value is 0.588. The molecule has 0 radical (unpaired) electrons. The van der Waals surface area contributed by atoms with Gasteiger partial charge in [0.15, 0.2) is 26.4 Å². The summed E-state index contributed by atoms with van der Waals surface area (Å²) in [4.78, 5) is 16.2. The fourth-order valence-corrected chi connectivity index (χ4v) is 17.9. The summed E-state index contributed by atoms with van der Waals surface area (Å²) < 4.78 is 11.7. The van der Waals surface area contributed by atoms with Crippen LogP contribution in [0.1, 0.15) is 0 Å². The van der Waals surface area contributed by atoms with Crippen LogP contribution in [0.3, 0.4) is 0 Å². The Labute approximate surface area is 161 Å². The van der Waals surface area contributed by atoms with Gasteiger partial charge in [-0.05, 0) is 44.3 Å². The Kier molecular flexibility index (Phi) is 25.3. The zero-order chi connectivity index (χ0) is 20.2. The highest BCUT2D eigenvalue weighted by molar-refractivity contribution is 6.85. The number of rotatable bonds is 12. The molecule has 0 aromatic carbocycles. The van der Waals surface area contributed by atoms with Gasteiger partial charge >= 0.3 is 0 Å². The Balaban J connectivity index is -0.000000503. The van der Waals surface area contributed by atoms with Crippen LogP contribution in [0, 0.1) is 0 Å². The fraction of sp³-hybridized carbons (Fsp3) is 1.00. The molecule has 0 aromatic rings. The Morgan fingerprint density at radius 1 is 0.720 bits per heavy atom. The maximum absolute atomic E-state index is 8.87. The van der Waals surface area contributed by atoms with Crippen LogP contribution in [0.2, 0.25) is 50.4 Å². The third-order valence-electron chi connectivity index (χ3n) is 3.20. The summed E-state index contributed by atoms with van der Waals surface area (Å²) in [6, 6.07) is 4.98. The summed E-state index contributed by atoms with van der Waals surface area (Å²) in [5.74, 6) is 0. The Morgan fingerprint density at radius 3 is 1.44 bits per heavy atom. The van der Waals surface area contributed by atoms with E-state index >= 15 is 0 Å². The van der Waals surface area contributed by atoms with Gasteiger partial charge in [0.2, 0.25) is 0 Å². The molecule has 0 aliphatic rings. The molecular weight excluding hydrogens is 392 g/mol. The first-order valence-corrected chi connectivity index (χ1v) is 18.4. The van der Waals surface area contributed by atoms with Crippen molar-refractivity contribution in [2.24, 2.45) is 0 Å². The summed E-state index contributed by atoms with van der Waals surface area (Å²) >= 11 is 0. The zero-order valence-electron chi connectivity index (χ0n) is 17.8. The molecule has 11 heteroatoms. The van der Waals surface area contributed by atoms with Crippen LogP contribution in [-0.4, -0.2) is 82.8 Å². The topological polar surface area (TPSA) is 75.6 Å². The van der Waals surface area contributed by atoms with Crippen LogP contribution in [0.25, 0.3) is 0 Å². The van der Waals surface area contributed by atoms with Crippen molar-refractivity contribution in [3.05, 3.63) is 0 Å². The largest absolute Gasteiger partial charge is 0.456 e. The van der Waals surface area contributed by atoms with Crippen molar-refractivity contribution in [1.29, 1.82) is 0 Å². The molecule has 1 N–H and O–H groups in total. The average molecular weight is 435 g/mol. The van der Waals surface area contributed by atoms with E-state index in [1.807, 2.05) is 7.11 Å². The third kappa shape index (κ3) is 29.6. The molecule has 0 atom stereocenters. The molecule has 0 aliphatic carbocycles. The first-order chi connectivity index (χ1) is 11.7. The highest BCUT2D eigenvalue weighted by atomic mass is 28.4. The second kappa shape index (κ2) is 20.9. The average Bonchev–Trinajstić information content (AvgIpc) is 2.54. The van der Waals surface area contributed by atoms with Crippen molar-refractivity contribution >= 4 is 35.9 Å². The first-order valence-electron chi connectivity index (χ1n) is 8.59. The van der Waals surface area contributed by atoms with E-state index in [1.165, 1.54) is 52.6 Å². The summed E-state index contributed by atoms with van der Waals surface area (Å²) in [5, 5.41) is 8.87. The predicted octanol–water partition coefficient (Wildman–Crippen LogP) is 1.49. The molecule has 0 aromatic heterocycles. The highest BCUT2D eigenvalue weighted by Gasteiger charge is 2.32. The SMILES string of the molecule is COOC.COOC.CO[SiH2]CC[Si](C)(C)O[Si](C)(C)CC[SiH2]CO. The lowest BCUT2D eigenvalue weighted by Gasteiger charge is -2.34. The lowest BCUT2D eigenvalue weighted by atomic mass is 10.9. The molecule has 7 nitrogen and oxygen atoms in total. The van der Waals surface area contributed by atoms with Gasteiger partial charge in [-0.15, -0.1) is 0 Å². The molecule has 0 spiro atoms. The van der Waals surface area contributed by atoms with Gasteiger partial charge in [0, 0.05) is 13.3 Å². The van der Waals surface area contributed by atoms with Crippen molar-refractivity contribution in [3.8, 4) is 0 Å². The van der Waals surface area contributed by atoms with E-state index in [4.69, 9.17) is 13.6 Å². The van der Waals surface area contributed by atoms with Gasteiger partial charge in [0.1, 0.15) is 0 Å². The van der Waals surface area contributed by atoms with Crippen molar-refractivity contribution < 1.29 is 33.2 Å². The van der Waals surface area contributed by atoms with E-state index in [1.54, 1.807) is 0 Å². The van der Waals surface area contributed by atoms with E-state index in [-0.39, 0.29) is 19.3 Å². The summed E-state index contributed by atoms with van der Waals surface area (Å²) in [7, 11) is 4.20. The minimum Gasteiger partial charge on any atom is -0.456 e. The molecule has 0 bridgehead atoms. The molecule has 25 heavy (non-hydrogen) atoms. The summed E-state index contributed by atoms with van der Waals surface area (Å²) in [6.45, 7) is 9.35. The molecule has 0 saturated heterocycles. The molecule has 0 saturated carbocycles. The lowest BCUT2D eigenvalue weighted by Crippen LogP contribution is -2.44. The van der Waals surface area contributed by atoms with Crippen molar-refractivity contribution in [2.75, 3.05) is 41.8 Å².